The van der Waals surface area contributed by atoms with Crippen LogP contribution in [0.3, 0.4) is 0 Å². The predicted octanol–water partition coefficient (Wildman–Crippen LogP) is 0.930. The molecule has 0 aromatic carbocycles. The Bertz CT molecular complexity index is 484. The predicted molar refractivity (Wildman–Crippen MR) is 78.2 cm³/mol. The molecule has 0 aromatic heterocycles. The lowest BCUT2D eigenvalue weighted by Gasteiger charge is -2.29. The van der Waals surface area contributed by atoms with Crippen molar-refractivity contribution < 1.29 is 3.98 Å². The molecule has 4 rings (SSSR count). The Kier molecular flexibility index (Phi) is 2.26. The maximum Gasteiger partial charge on any atom is 0.328 e. The average molecular weight is 287 g/mol. The molecule has 1 fully saturated rings. The second kappa shape index (κ2) is 3.61. The van der Waals surface area contributed by atoms with Crippen molar-refractivity contribution in [2.75, 3.05) is 31.9 Å². The van der Waals surface area contributed by atoms with Crippen molar-refractivity contribution >= 4 is 50.2 Å². The number of hydrogen-bond donors (Lipinski definition) is 0. The molecule has 0 aromatic rings. The van der Waals surface area contributed by atoms with Crippen LogP contribution in [-0.4, -0.2) is 65.4 Å². The highest BCUT2D eigenvalue weighted by molar-refractivity contribution is 8.17. The van der Waals surface area contributed by atoms with E-state index in [0.717, 1.165) is 18.2 Å². The van der Waals surface area contributed by atoms with Crippen LogP contribution >= 0.6 is 34.8 Å². The number of rotatable bonds is 1. The van der Waals surface area contributed by atoms with E-state index in [1.165, 1.54) is 35.5 Å². The minimum atomic E-state index is 0.0861. The van der Waals surface area contributed by atoms with Gasteiger partial charge in [0.15, 0.2) is 16.0 Å². The molecule has 0 bridgehead atoms. The molecule has 1 atom stereocenters. The standard InChI is InChI=1S/C10H15N4S3/c1-2-13-8(15)11-4-3-5-12-9-14(6-7-16-9)17(13)10(11)12/h2-7H2,1H3/q+1. The SMILES string of the molecule is CCN1C(=S)N2CCCN3C4=[N+](CCS4)S1=C23. The Balaban J connectivity index is 1.89. The van der Waals surface area contributed by atoms with E-state index in [2.05, 4.69) is 25.0 Å². The topological polar surface area (TPSA) is 12.7 Å². The van der Waals surface area contributed by atoms with E-state index in [-0.39, 0.29) is 10.9 Å². The summed E-state index contributed by atoms with van der Waals surface area (Å²) in [5, 5.41) is 3.99. The van der Waals surface area contributed by atoms with Gasteiger partial charge in [-0.3, -0.25) is 9.21 Å². The lowest BCUT2D eigenvalue weighted by molar-refractivity contribution is -0.341. The zero-order valence-electron chi connectivity index (χ0n) is 9.76. The molecule has 0 saturated carbocycles. The summed E-state index contributed by atoms with van der Waals surface area (Å²) in [5.41, 5.74) is 0. The number of nitrogens with zero attached hydrogens (tertiary/aromatic N) is 4. The number of fused-ring (bicyclic) bond motifs is 2. The van der Waals surface area contributed by atoms with E-state index in [1.807, 2.05) is 11.8 Å². The van der Waals surface area contributed by atoms with E-state index < -0.39 is 0 Å². The summed E-state index contributed by atoms with van der Waals surface area (Å²) in [6.45, 7) is 6.69. The summed E-state index contributed by atoms with van der Waals surface area (Å²) in [5.74, 6) is 1.23. The summed E-state index contributed by atoms with van der Waals surface area (Å²) in [6.07, 6.45) is 1.22. The highest BCUT2D eigenvalue weighted by Crippen LogP contribution is 2.43. The lowest BCUT2D eigenvalue weighted by Crippen LogP contribution is -2.51. The molecule has 17 heavy (non-hydrogen) atoms. The van der Waals surface area contributed by atoms with Crippen LogP contribution in [0.4, 0.5) is 0 Å². The Morgan fingerprint density at radius 2 is 2.24 bits per heavy atom. The van der Waals surface area contributed by atoms with Gasteiger partial charge in [-0.25, -0.2) is 0 Å². The normalized spacial score (nSPS) is 30.6. The summed E-state index contributed by atoms with van der Waals surface area (Å²) in [7, 11) is 0.0861. The molecule has 0 aliphatic carbocycles. The lowest BCUT2D eigenvalue weighted by atomic mass is 10.3. The van der Waals surface area contributed by atoms with Gasteiger partial charge in [0.2, 0.25) is 0 Å². The molecule has 0 radical (unpaired) electrons. The van der Waals surface area contributed by atoms with Gasteiger partial charge < -0.3 is 0 Å². The number of thiocarbonyl (C=S) groups is 1. The van der Waals surface area contributed by atoms with Crippen LogP contribution in [0.2, 0.25) is 0 Å². The summed E-state index contributed by atoms with van der Waals surface area (Å²) in [6, 6.07) is 0. The van der Waals surface area contributed by atoms with Crippen LogP contribution in [0.5, 0.6) is 0 Å². The van der Waals surface area contributed by atoms with Crippen molar-refractivity contribution in [1.29, 1.82) is 0 Å². The van der Waals surface area contributed by atoms with Crippen LogP contribution < -0.4 is 0 Å². The van der Waals surface area contributed by atoms with Crippen LogP contribution in [0.25, 0.3) is 0 Å². The quantitative estimate of drug-likeness (QED) is 0.524. The first-order valence-corrected chi connectivity index (χ1v) is 8.61. The molecule has 0 spiro atoms. The molecule has 1 unspecified atom stereocenters. The van der Waals surface area contributed by atoms with Gasteiger partial charge in [0.05, 0.1) is 6.54 Å². The van der Waals surface area contributed by atoms with Crippen LogP contribution in [0, 0.1) is 0 Å². The van der Waals surface area contributed by atoms with Crippen molar-refractivity contribution in [2.24, 2.45) is 0 Å². The smallest absolute Gasteiger partial charge is 0.275 e. The average Bonchev–Trinajstić information content (AvgIpc) is 2.98. The summed E-state index contributed by atoms with van der Waals surface area (Å²) < 4.78 is 4.98. The second-order valence-corrected chi connectivity index (χ2v) is 7.62. The molecular formula is C10H15N4S3+. The van der Waals surface area contributed by atoms with Crippen molar-refractivity contribution in [3.63, 3.8) is 0 Å². The van der Waals surface area contributed by atoms with Gasteiger partial charge in [0, 0.05) is 25.3 Å². The molecule has 0 N–H and O–H groups in total. The molecule has 4 nitrogen and oxygen atoms in total. The van der Waals surface area contributed by atoms with Crippen LogP contribution in [0.15, 0.2) is 0 Å². The fraction of sp³-hybridized carbons (Fsp3) is 0.700. The summed E-state index contributed by atoms with van der Waals surface area (Å²) in [4.78, 5) is 4.89. The molecular weight excluding hydrogens is 272 g/mol. The number of thioether (sulfide) groups is 1. The third-order valence-electron chi connectivity index (χ3n) is 3.51. The Labute approximate surface area is 113 Å². The Hall–Kier alpha value is -0.270. The molecule has 92 valence electrons. The molecule has 4 heterocycles. The monoisotopic (exact) mass is 287 g/mol. The first-order valence-electron chi connectivity index (χ1n) is 6.08. The molecule has 4 aliphatic rings. The van der Waals surface area contributed by atoms with Gasteiger partial charge >= 0.3 is 5.17 Å². The van der Waals surface area contributed by atoms with Crippen LogP contribution in [-0.2, 0) is 0 Å². The van der Waals surface area contributed by atoms with Gasteiger partial charge in [-0.05, 0) is 30.9 Å². The van der Waals surface area contributed by atoms with E-state index >= 15 is 0 Å². The number of hydrogen-bond acceptors (Lipinski definition) is 3. The first kappa shape index (κ1) is 10.6. The van der Waals surface area contributed by atoms with Crippen molar-refractivity contribution in [2.45, 2.75) is 13.3 Å². The fourth-order valence-corrected chi connectivity index (χ4v) is 7.35. The third-order valence-corrected chi connectivity index (χ3v) is 7.65. The van der Waals surface area contributed by atoms with Crippen LogP contribution in [0.1, 0.15) is 13.3 Å². The second-order valence-electron chi connectivity index (χ2n) is 4.41. The third kappa shape index (κ3) is 1.20. The van der Waals surface area contributed by atoms with Crippen molar-refractivity contribution in [3.8, 4) is 0 Å². The maximum atomic E-state index is 5.63. The van der Waals surface area contributed by atoms with Gasteiger partial charge in [-0.15, -0.1) is 0 Å². The molecule has 0 amide bonds. The molecule has 1 saturated heterocycles. The van der Waals surface area contributed by atoms with Gasteiger partial charge in [-0.1, -0.05) is 0 Å². The first-order chi connectivity index (χ1) is 8.33. The molecule has 7 heteroatoms. The van der Waals surface area contributed by atoms with E-state index in [0.29, 0.717) is 0 Å². The van der Waals surface area contributed by atoms with Crippen molar-refractivity contribution in [1.82, 2.24) is 14.1 Å². The Morgan fingerprint density at radius 3 is 3.06 bits per heavy atom. The maximum absolute atomic E-state index is 5.63. The highest BCUT2D eigenvalue weighted by atomic mass is 32.2. The zero-order valence-corrected chi connectivity index (χ0v) is 12.2. The van der Waals surface area contributed by atoms with Gasteiger partial charge in [0.1, 0.15) is 6.54 Å². The highest BCUT2D eigenvalue weighted by Gasteiger charge is 2.54. The van der Waals surface area contributed by atoms with E-state index in [9.17, 15) is 0 Å². The van der Waals surface area contributed by atoms with Gasteiger partial charge in [-0.2, -0.15) is 8.88 Å². The van der Waals surface area contributed by atoms with E-state index in [4.69, 9.17) is 12.2 Å². The largest absolute Gasteiger partial charge is 0.328 e. The number of amidine groups is 1. The fourth-order valence-electron chi connectivity index (χ4n) is 2.82. The van der Waals surface area contributed by atoms with Crippen molar-refractivity contribution in [3.05, 3.63) is 0 Å². The zero-order chi connectivity index (χ0) is 11.6. The summed E-state index contributed by atoms with van der Waals surface area (Å²) >= 11 is 7.64. The minimum Gasteiger partial charge on any atom is -0.275 e. The minimum absolute atomic E-state index is 0.0861. The van der Waals surface area contributed by atoms with Gasteiger partial charge in [0.25, 0.3) is 5.11 Å². The van der Waals surface area contributed by atoms with E-state index in [1.54, 1.807) is 0 Å². The molecule has 4 aliphatic heterocycles. The Morgan fingerprint density at radius 1 is 1.41 bits per heavy atom.